The van der Waals surface area contributed by atoms with E-state index in [0.717, 1.165) is 32.1 Å². The van der Waals surface area contributed by atoms with Crippen LogP contribution in [0.2, 0.25) is 0 Å². The van der Waals surface area contributed by atoms with Gasteiger partial charge in [-0.1, -0.05) is 19.4 Å². The van der Waals surface area contributed by atoms with Gasteiger partial charge in [-0.3, -0.25) is 14.4 Å². The number of hydrogen-bond donors (Lipinski definition) is 2. The molecule has 3 fully saturated rings. The molecule has 0 heterocycles. The van der Waals surface area contributed by atoms with Gasteiger partial charge in [0.1, 0.15) is 11.9 Å². The SMILES string of the molecule is CC(=O)[C@@]1(CC(=O)O)CC[C@H]2[C@@H]3CCC4=CC(=O)C(O)C[C@]4(C)[C@H]3CC[C@@]21C. The summed E-state index contributed by atoms with van der Waals surface area (Å²) in [5.74, 6) is 0.137. The van der Waals surface area contributed by atoms with E-state index in [1.165, 1.54) is 5.57 Å². The van der Waals surface area contributed by atoms with Gasteiger partial charge >= 0.3 is 5.97 Å². The quantitative estimate of drug-likeness (QED) is 0.771. The molecule has 4 rings (SSSR count). The molecule has 0 saturated heterocycles. The standard InChI is InChI=1S/C23H32O5/c1-13(24)23(12-20(27)28)9-7-17-15-5-4-14-10-18(25)19(26)11-21(14,2)16(15)6-8-22(17,23)3/h10,15-17,19,26H,4-9,11-12H2,1-3H3,(H,27,28)/t15-,16+,17+,19?,21+,22+,23+/m1/s1. The normalized spacial score (nSPS) is 47.6. The zero-order valence-electron chi connectivity index (χ0n) is 17.2. The van der Waals surface area contributed by atoms with Gasteiger partial charge in [-0.2, -0.15) is 0 Å². The molecule has 0 aliphatic heterocycles. The van der Waals surface area contributed by atoms with Crippen LogP contribution in [0.25, 0.3) is 0 Å². The van der Waals surface area contributed by atoms with Crippen LogP contribution in [0.5, 0.6) is 0 Å². The molecule has 0 amide bonds. The molecule has 3 saturated carbocycles. The summed E-state index contributed by atoms with van der Waals surface area (Å²) < 4.78 is 0. The van der Waals surface area contributed by atoms with Crippen LogP contribution < -0.4 is 0 Å². The molecule has 1 unspecified atom stereocenters. The van der Waals surface area contributed by atoms with Crippen LogP contribution in [-0.2, 0) is 14.4 Å². The van der Waals surface area contributed by atoms with Crippen LogP contribution in [0, 0.1) is 34.0 Å². The van der Waals surface area contributed by atoms with Gasteiger partial charge in [0.15, 0.2) is 5.78 Å². The van der Waals surface area contributed by atoms with Crippen LogP contribution >= 0.6 is 0 Å². The highest BCUT2D eigenvalue weighted by atomic mass is 16.4. The maximum Gasteiger partial charge on any atom is 0.304 e. The van der Waals surface area contributed by atoms with Crippen molar-refractivity contribution in [1.29, 1.82) is 0 Å². The topological polar surface area (TPSA) is 91.7 Å². The van der Waals surface area contributed by atoms with E-state index in [9.17, 15) is 24.6 Å². The van der Waals surface area contributed by atoms with Crippen LogP contribution in [0.4, 0.5) is 0 Å². The Kier molecular flexibility index (Phi) is 4.42. The van der Waals surface area contributed by atoms with E-state index in [2.05, 4.69) is 13.8 Å². The van der Waals surface area contributed by atoms with Crippen molar-refractivity contribution >= 4 is 17.5 Å². The average molecular weight is 389 g/mol. The van der Waals surface area contributed by atoms with E-state index >= 15 is 0 Å². The third-order valence-electron chi connectivity index (χ3n) is 9.49. The highest BCUT2D eigenvalue weighted by molar-refractivity contribution is 5.95. The fourth-order valence-electron chi connectivity index (χ4n) is 8.00. The first kappa shape index (κ1) is 19.8. The van der Waals surface area contributed by atoms with Crippen LogP contribution in [-0.4, -0.2) is 33.9 Å². The molecule has 154 valence electrons. The highest BCUT2D eigenvalue weighted by Gasteiger charge is 2.66. The minimum Gasteiger partial charge on any atom is -0.481 e. The Hall–Kier alpha value is -1.49. The average Bonchev–Trinajstić information content (AvgIpc) is 2.89. The van der Waals surface area contributed by atoms with E-state index < -0.39 is 17.5 Å². The van der Waals surface area contributed by atoms with Crippen molar-refractivity contribution in [2.24, 2.45) is 34.0 Å². The molecule has 0 aromatic rings. The number of aliphatic hydroxyl groups excluding tert-OH is 1. The highest BCUT2D eigenvalue weighted by Crippen LogP contribution is 2.70. The first-order chi connectivity index (χ1) is 13.0. The summed E-state index contributed by atoms with van der Waals surface area (Å²) in [6.07, 6.45) is 6.42. The van der Waals surface area contributed by atoms with Crippen molar-refractivity contribution in [3.05, 3.63) is 11.6 Å². The minimum absolute atomic E-state index is 0.0274. The summed E-state index contributed by atoms with van der Waals surface area (Å²) in [4.78, 5) is 36.4. The molecular formula is C23H32O5. The van der Waals surface area contributed by atoms with Crippen molar-refractivity contribution in [3.63, 3.8) is 0 Å². The molecule has 0 aromatic heterocycles. The second-order valence-corrected chi connectivity index (χ2v) is 10.3. The summed E-state index contributed by atoms with van der Waals surface area (Å²) in [5.41, 5.74) is -0.00708. The molecule has 5 heteroatoms. The second-order valence-electron chi connectivity index (χ2n) is 10.3. The van der Waals surface area contributed by atoms with E-state index in [1.807, 2.05) is 0 Å². The summed E-state index contributed by atoms with van der Waals surface area (Å²) in [6, 6.07) is 0. The van der Waals surface area contributed by atoms with Crippen molar-refractivity contribution in [2.75, 3.05) is 0 Å². The van der Waals surface area contributed by atoms with Gasteiger partial charge in [0.05, 0.1) is 6.42 Å². The molecule has 7 atom stereocenters. The van der Waals surface area contributed by atoms with Crippen molar-refractivity contribution < 1.29 is 24.6 Å². The number of allylic oxidation sites excluding steroid dienone is 1. The van der Waals surface area contributed by atoms with Gasteiger partial charge in [0, 0.05) is 5.41 Å². The Morgan fingerprint density at radius 3 is 2.46 bits per heavy atom. The van der Waals surface area contributed by atoms with Crippen LogP contribution in [0.1, 0.15) is 72.1 Å². The van der Waals surface area contributed by atoms with Crippen molar-refractivity contribution in [2.45, 2.75) is 78.2 Å². The van der Waals surface area contributed by atoms with E-state index in [1.54, 1.807) is 13.0 Å². The molecular weight excluding hydrogens is 356 g/mol. The number of hydrogen-bond acceptors (Lipinski definition) is 4. The van der Waals surface area contributed by atoms with Crippen molar-refractivity contribution in [3.8, 4) is 0 Å². The van der Waals surface area contributed by atoms with Gasteiger partial charge in [0.2, 0.25) is 0 Å². The van der Waals surface area contributed by atoms with Gasteiger partial charge in [-0.05, 0) is 86.5 Å². The molecule has 0 bridgehead atoms. The lowest BCUT2D eigenvalue weighted by molar-refractivity contribution is -0.155. The van der Waals surface area contributed by atoms with E-state index in [0.29, 0.717) is 30.6 Å². The molecule has 4 aliphatic carbocycles. The van der Waals surface area contributed by atoms with Gasteiger partial charge in [-0.15, -0.1) is 0 Å². The maximum atomic E-state index is 12.8. The molecule has 0 radical (unpaired) electrons. The minimum atomic E-state index is -0.910. The number of fused-ring (bicyclic) bond motifs is 5. The molecule has 0 spiro atoms. The van der Waals surface area contributed by atoms with Gasteiger partial charge in [0.25, 0.3) is 0 Å². The summed E-state index contributed by atoms with van der Waals surface area (Å²) >= 11 is 0. The van der Waals surface area contributed by atoms with Gasteiger partial charge in [-0.25, -0.2) is 0 Å². The zero-order chi connectivity index (χ0) is 20.5. The van der Waals surface area contributed by atoms with Crippen LogP contribution in [0.3, 0.4) is 0 Å². The Balaban J connectivity index is 1.71. The lowest BCUT2D eigenvalue weighted by atomic mass is 9.44. The summed E-state index contributed by atoms with van der Waals surface area (Å²) in [7, 11) is 0. The number of carboxylic acid groups (broad SMARTS) is 1. The fourth-order valence-corrected chi connectivity index (χ4v) is 8.00. The Morgan fingerprint density at radius 1 is 1.14 bits per heavy atom. The largest absolute Gasteiger partial charge is 0.481 e. The number of aliphatic hydroxyl groups is 1. The Bertz CT molecular complexity index is 769. The zero-order valence-corrected chi connectivity index (χ0v) is 17.2. The smallest absolute Gasteiger partial charge is 0.304 e. The number of Topliss-reactive ketones (excluding diaryl/α,β-unsaturated/α-hetero) is 1. The number of aliphatic carboxylic acids is 1. The number of carbonyl (C=O) groups is 3. The molecule has 0 aromatic carbocycles. The second kappa shape index (κ2) is 6.25. The Labute approximate surface area is 166 Å². The monoisotopic (exact) mass is 388 g/mol. The Morgan fingerprint density at radius 2 is 1.82 bits per heavy atom. The first-order valence-corrected chi connectivity index (χ1v) is 10.7. The van der Waals surface area contributed by atoms with E-state index in [-0.39, 0.29) is 28.8 Å². The summed E-state index contributed by atoms with van der Waals surface area (Å²) in [5, 5.41) is 19.8. The summed E-state index contributed by atoms with van der Waals surface area (Å²) in [6.45, 7) is 5.95. The number of rotatable bonds is 3. The number of carbonyl (C=O) groups excluding carboxylic acids is 2. The predicted octanol–water partition coefficient (Wildman–Crippen LogP) is 3.54. The van der Waals surface area contributed by atoms with Crippen molar-refractivity contribution in [1.82, 2.24) is 0 Å². The fraction of sp³-hybridized carbons (Fsp3) is 0.783. The third-order valence-corrected chi connectivity index (χ3v) is 9.49. The lowest BCUT2D eigenvalue weighted by Gasteiger charge is -2.59. The van der Waals surface area contributed by atoms with Gasteiger partial charge < -0.3 is 10.2 Å². The molecule has 4 aliphatic rings. The first-order valence-electron chi connectivity index (χ1n) is 10.7. The lowest BCUT2D eigenvalue weighted by Crippen LogP contribution is -2.55. The maximum absolute atomic E-state index is 12.8. The predicted molar refractivity (Wildman–Crippen MR) is 103 cm³/mol. The third kappa shape index (κ3) is 2.44. The molecule has 5 nitrogen and oxygen atoms in total. The number of ketones is 2. The molecule has 2 N–H and O–H groups in total. The van der Waals surface area contributed by atoms with E-state index in [4.69, 9.17) is 0 Å². The van der Waals surface area contributed by atoms with Crippen LogP contribution in [0.15, 0.2) is 11.6 Å². The molecule has 28 heavy (non-hydrogen) atoms. The number of carboxylic acids is 1.